The van der Waals surface area contributed by atoms with Crippen LogP contribution in [0.3, 0.4) is 0 Å². The summed E-state index contributed by atoms with van der Waals surface area (Å²) in [5, 5.41) is 12.1. The predicted octanol–water partition coefficient (Wildman–Crippen LogP) is 3.05. The summed E-state index contributed by atoms with van der Waals surface area (Å²) >= 11 is 8.24. The standard InChI is InChI=1S/C12H15Br2NO2S/c1-7(11(6-16)18-2)15-12(17)8-3-9(13)5-10(14)4-8/h3-5,7,11,16H,6H2,1-2H3,(H,15,17). The number of nitrogens with one attached hydrogen (secondary N) is 1. The molecule has 1 aromatic carbocycles. The Balaban J connectivity index is 2.76. The van der Waals surface area contributed by atoms with Crippen molar-refractivity contribution in [3.8, 4) is 0 Å². The number of carbonyl (C=O) groups is 1. The zero-order valence-electron chi connectivity index (χ0n) is 10.1. The van der Waals surface area contributed by atoms with Gasteiger partial charge in [-0.05, 0) is 31.4 Å². The number of rotatable bonds is 5. The predicted molar refractivity (Wildman–Crippen MR) is 83.2 cm³/mol. The monoisotopic (exact) mass is 395 g/mol. The van der Waals surface area contributed by atoms with Gasteiger partial charge in [0.15, 0.2) is 0 Å². The van der Waals surface area contributed by atoms with Crippen LogP contribution in [0.2, 0.25) is 0 Å². The summed E-state index contributed by atoms with van der Waals surface area (Å²) in [7, 11) is 0. The lowest BCUT2D eigenvalue weighted by molar-refractivity contribution is 0.0936. The summed E-state index contributed by atoms with van der Waals surface area (Å²) in [6.07, 6.45) is 1.92. The minimum atomic E-state index is -0.142. The molecule has 0 fully saturated rings. The van der Waals surface area contributed by atoms with E-state index in [1.165, 1.54) is 11.8 Å². The molecule has 0 spiro atoms. The van der Waals surface area contributed by atoms with E-state index in [2.05, 4.69) is 37.2 Å². The molecule has 3 nitrogen and oxygen atoms in total. The number of hydrogen-bond donors (Lipinski definition) is 2. The molecule has 1 amide bonds. The van der Waals surface area contributed by atoms with Crippen LogP contribution in [0.1, 0.15) is 17.3 Å². The molecular weight excluding hydrogens is 382 g/mol. The molecule has 1 aromatic rings. The van der Waals surface area contributed by atoms with E-state index < -0.39 is 0 Å². The Hall–Kier alpha value is -0.0400. The van der Waals surface area contributed by atoms with Crippen molar-refractivity contribution in [3.63, 3.8) is 0 Å². The van der Waals surface area contributed by atoms with Gasteiger partial charge in [0, 0.05) is 25.8 Å². The Morgan fingerprint density at radius 2 is 1.94 bits per heavy atom. The fourth-order valence-electron chi connectivity index (χ4n) is 1.50. The van der Waals surface area contributed by atoms with Crippen LogP contribution in [0.25, 0.3) is 0 Å². The molecule has 2 atom stereocenters. The molecule has 0 radical (unpaired) electrons. The minimum Gasteiger partial charge on any atom is -0.395 e. The van der Waals surface area contributed by atoms with E-state index in [0.29, 0.717) is 5.56 Å². The second-order valence-corrected chi connectivity index (χ2v) is 6.79. The summed E-state index contributed by atoms with van der Waals surface area (Å²) in [5.41, 5.74) is 0.584. The third kappa shape index (κ3) is 4.57. The molecule has 0 aliphatic heterocycles. The fourth-order valence-corrected chi connectivity index (χ4v) is 3.42. The average Bonchev–Trinajstić information content (AvgIpc) is 2.29. The van der Waals surface area contributed by atoms with Gasteiger partial charge in [0.05, 0.1) is 6.61 Å². The molecule has 0 saturated heterocycles. The molecule has 18 heavy (non-hydrogen) atoms. The first kappa shape index (κ1) is 16.0. The number of hydrogen-bond acceptors (Lipinski definition) is 3. The molecule has 0 aliphatic carbocycles. The van der Waals surface area contributed by atoms with Crippen LogP contribution in [-0.2, 0) is 0 Å². The van der Waals surface area contributed by atoms with Crippen molar-refractivity contribution < 1.29 is 9.90 Å². The Labute approximate surface area is 128 Å². The maximum absolute atomic E-state index is 12.1. The molecule has 0 aromatic heterocycles. The fraction of sp³-hybridized carbons (Fsp3) is 0.417. The molecule has 0 bridgehead atoms. The van der Waals surface area contributed by atoms with Gasteiger partial charge in [-0.2, -0.15) is 11.8 Å². The van der Waals surface area contributed by atoms with Crippen molar-refractivity contribution in [1.82, 2.24) is 5.32 Å². The SMILES string of the molecule is CSC(CO)C(C)NC(=O)c1cc(Br)cc(Br)c1. The van der Waals surface area contributed by atoms with Crippen LogP contribution in [0.5, 0.6) is 0 Å². The van der Waals surface area contributed by atoms with Gasteiger partial charge < -0.3 is 10.4 Å². The van der Waals surface area contributed by atoms with Crippen LogP contribution in [0.4, 0.5) is 0 Å². The van der Waals surface area contributed by atoms with Gasteiger partial charge in [0.2, 0.25) is 0 Å². The normalized spacial score (nSPS) is 14.1. The highest BCUT2D eigenvalue weighted by Crippen LogP contribution is 2.20. The van der Waals surface area contributed by atoms with Crippen molar-refractivity contribution in [2.24, 2.45) is 0 Å². The molecule has 0 aliphatic rings. The smallest absolute Gasteiger partial charge is 0.251 e. The van der Waals surface area contributed by atoms with Crippen molar-refractivity contribution in [2.75, 3.05) is 12.9 Å². The van der Waals surface area contributed by atoms with Gasteiger partial charge in [-0.3, -0.25) is 4.79 Å². The van der Waals surface area contributed by atoms with Crippen molar-refractivity contribution in [3.05, 3.63) is 32.7 Å². The highest BCUT2D eigenvalue weighted by Gasteiger charge is 2.18. The summed E-state index contributed by atoms with van der Waals surface area (Å²) < 4.78 is 1.69. The topological polar surface area (TPSA) is 49.3 Å². The lowest BCUT2D eigenvalue weighted by atomic mass is 10.2. The molecule has 6 heteroatoms. The third-order valence-corrected chi connectivity index (χ3v) is 4.60. The quantitative estimate of drug-likeness (QED) is 0.804. The van der Waals surface area contributed by atoms with Crippen LogP contribution < -0.4 is 5.32 Å². The maximum Gasteiger partial charge on any atom is 0.251 e. The second kappa shape index (κ2) is 7.53. The van der Waals surface area contributed by atoms with Gasteiger partial charge in [-0.1, -0.05) is 31.9 Å². The zero-order valence-corrected chi connectivity index (χ0v) is 14.1. The Morgan fingerprint density at radius 3 is 2.39 bits per heavy atom. The Morgan fingerprint density at radius 1 is 1.39 bits per heavy atom. The molecule has 2 N–H and O–H groups in total. The van der Waals surface area contributed by atoms with E-state index >= 15 is 0 Å². The number of aliphatic hydroxyl groups excluding tert-OH is 1. The molecule has 100 valence electrons. The minimum absolute atomic E-state index is 0.00421. The second-order valence-electron chi connectivity index (χ2n) is 3.88. The van der Waals surface area contributed by atoms with Gasteiger partial charge in [0.25, 0.3) is 5.91 Å². The van der Waals surface area contributed by atoms with Gasteiger partial charge in [0.1, 0.15) is 0 Å². The van der Waals surface area contributed by atoms with Crippen LogP contribution in [-0.4, -0.2) is 35.2 Å². The summed E-state index contributed by atoms with van der Waals surface area (Å²) in [6, 6.07) is 5.31. The largest absolute Gasteiger partial charge is 0.395 e. The van der Waals surface area contributed by atoms with E-state index in [0.717, 1.165) is 8.95 Å². The number of aliphatic hydroxyl groups is 1. The van der Waals surface area contributed by atoms with E-state index in [1.54, 1.807) is 12.1 Å². The van der Waals surface area contributed by atoms with Crippen LogP contribution in [0.15, 0.2) is 27.1 Å². The summed E-state index contributed by atoms with van der Waals surface area (Å²) in [4.78, 5) is 12.1. The Bertz CT molecular complexity index is 404. The lowest BCUT2D eigenvalue weighted by Gasteiger charge is -2.21. The first-order valence-electron chi connectivity index (χ1n) is 5.38. The summed E-state index contributed by atoms with van der Waals surface area (Å²) in [5.74, 6) is -0.142. The number of benzene rings is 1. The number of carbonyl (C=O) groups excluding carboxylic acids is 1. The first-order valence-corrected chi connectivity index (χ1v) is 8.26. The van der Waals surface area contributed by atoms with Crippen LogP contribution in [0, 0.1) is 0 Å². The van der Waals surface area contributed by atoms with E-state index in [-0.39, 0.29) is 23.8 Å². The third-order valence-electron chi connectivity index (χ3n) is 2.52. The van der Waals surface area contributed by atoms with Crippen molar-refractivity contribution in [2.45, 2.75) is 18.2 Å². The number of amides is 1. The summed E-state index contributed by atoms with van der Waals surface area (Å²) in [6.45, 7) is 1.94. The number of halogens is 2. The van der Waals surface area contributed by atoms with Gasteiger partial charge >= 0.3 is 0 Å². The zero-order chi connectivity index (χ0) is 13.7. The van der Waals surface area contributed by atoms with Gasteiger partial charge in [-0.15, -0.1) is 0 Å². The average molecular weight is 397 g/mol. The molecular formula is C12H15Br2NO2S. The number of thioether (sulfide) groups is 1. The van der Waals surface area contributed by atoms with E-state index in [9.17, 15) is 9.90 Å². The molecule has 2 unspecified atom stereocenters. The van der Waals surface area contributed by atoms with Crippen LogP contribution >= 0.6 is 43.6 Å². The van der Waals surface area contributed by atoms with E-state index in [4.69, 9.17) is 0 Å². The maximum atomic E-state index is 12.1. The molecule has 1 rings (SSSR count). The van der Waals surface area contributed by atoms with Crippen molar-refractivity contribution in [1.29, 1.82) is 0 Å². The first-order chi connectivity index (χ1) is 8.47. The highest BCUT2D eigenvalue weighted by atomic mass is 79.9. The Kier molecular flexibility index (Phi) is 6.70. The van der Waals surface area contributed by atoms with Crippen molar-refractivity contribution >= 4 is 49.5 Å². The van der Waals surface area contributed by atoms with Gasteiger partial charge in [-0.25, -0.2) is 0 Å². The lowest BCUT2D eigenvalue weighted by Crippen LogP contribution is -2.41. The molecule has 0 heterocycles. The highest BCUT2D eigenvalue weighted by molar-refractivity contribution is 9.11. The molecule has 0 saturated carbocycles. The van der Waals surface area contributed by atoms with E-state index in [1.807, 2.05) is 19.2 Å².